The predicted molar refractivity (Wildman–Crippen MR) is 93.3 cm³/mol. The van der Waals surface area contributed by atoms with Crippen LogP contribution in [0, 0.1) is 0 Å². The third kappa shape index (κ3) is 3.04. The number of aryl methyl sites for hydroxylation is 1. The number of aromatic nitrogens is 7. The standard InChI is InChI=1S/C16H21N9/c1-10(2)14-22-15-11(5-3-7-25(15)23-14)19-12-9-13(21-16(17)20-12)24-8-4-6-18-24/h4,6,8-11H,3,5,7H2,1-2H3,(H3,17,19,20,21)/t11-/m1/s1. The second kappa shape index (κ2) is 6.15. The number of nitrogens with zero attached hydrogens (tertiary/aromatic N) is 7. The number of hydrogen-bond donors (Lipinski definition) is 2. The lowest BCUT2D eigenvalue weighted by molar-refractivity contribution is 0.436. The van der Waals surface area contributed by atoms with E-state index in [0.29, 0.717) is 17.6 Å². The first-order valence-electron chi connectivity index (χ1n) is 8.46. The summed E-state index contributed by atoms with van der Waals surface area (Å²) >= 11 is 0. The maximum absolute atomic E-state index is 5.87. The number of fused-ring (bicyclic) bond motifs is 1. The van der Waals surface area contributed by atoms with Crippen molar-refractivity contribution in [1.29, 1.82) is 0 Å². The van der Waals surface area contributed by atoms with E-state index in [0.717, 1.165) is 31.0 Å². The van der Waals surface area contributed by atoms with E-state index in [2.05, 4.69) is 39.3 Å². The maximum Gasteiger partial charge on any atom is 0.224 e. The summed E-state index contributed by atoms with van der Waals surface area (Å²) in [6, 6.07) is 3.72. The highest BCUT2D eigenvalue weighted by Gasteiger charge is 2.25. The molecule has 0 bridgehead atoms. The lowest BCUT2D eigenvalue weighted by atomic mass is 10.1. The van der Waals surface area contributed by atoms with Crippen LogP contribution >= 0.6 is 0 Å². The van der Waals surface area contributed by atoms with E-state index < -0.39 is 0 Å². The van der Waals surface area contributed by atoms with Crippen LogP contribution in [0.2, 0.25) is 0 Å². The van der Waals surface area contributed by atoms with E-state index in [1.54, 1.807) is 10.9 Å². The van der Waals surface area contributed by atoms with Crippen LogP contribution in [0.15, 0.2) is 24.5 Å². The molecular formula is C16H21N9. The summed E-state index contributed by atoms with van der Waals surface area (Å²) in [5, 5.41) is 12.2. The molecule has 3 N–H and O–H groups in total. The van der Waals surface area contributed by atoms with Crippen molar-refractivity contribution in [3.05, 3.63) is 36.2 Å². The fourth-order valence-corrected chi connectivity index (χ4v) is 2.98. The minimum Gasteiger partial charge on any atom is -0.368 e. The Balaban J connectivity index is 1.63. The number of anilines is 2. The summed E-state index contributed by atoms with van der Waals surface area (Å²) in [6.45, 7) is 5.11. The number of nitrogen functional groups attached to an aromatic ring is 1. The summed E-state index contributed by atoms with van der Waals surface area (Å²) in [5.74, 6) is 3.62. The second-order valence-corrected chi connectivity index (χ2v) is 6.47. The first kappa shape index (κ1) is 15.6. The summed E-state index contributed by atoms with van der Waals surface area (Å²) in [4.78, 5) is 13.3. The highest BCUT2D eigenvalue weighted by Crippen LogP contribution is 2.28. The van der Waals surface area contributed by atoms with Crippen molar-refractivity contribution in [3.8, 4) is 5.82 Å². The van der Waals surface area contributed by atoms with Crippen molar-refractivity contribution in [2.45, 2.75) is 45.2 Å². The first-order valence-corrected chi connectivity index (χ1v) is 8.46. The highest BCUT2D eigenvalue weighted by molar-refractivity contribution is 5.46. The van der Waals surface area contributed by atoms with E-state index in [1.165, 1.54) is 0 Å². The molecule has 1 aliphatic rings. The molecule has 4 heterocycles. The summed E-state index contributed by atoms with van der Waals surface area (Å²) in [6.07, 6.45) is 5.52. The van der Waals surface area contributed by atoms with Gasteiger partial charge in [-0.3, -0.25) is 0 Å². The molecule has 0 aromatic carbocycles. The maximum atomic E-state index is 5.87. The molecule has 9 nitrogen and oxygen atoms in total. The van der Waals surface area contributed by atoms with Gasteiger partial charge in [0.1, 0.15) is 11.6 Å². The van der Waals surface area contributed by atoms with Gasteiger partial charge in [0.05, 0.1) is 6.04 Å². The van der Waals surface area contributed by atoms with E-state index in [-0.39, 0.29) is 12.0 Å². The van der Waals surface area contributed by atoms with E-state index in [9.17, 15) is 0 Å². The molecule has 0 saturated heterocycles. The van der Waals surface area contributed by atoms with Crippen LogP contribution in [-0.4, -0.2) is 34.5 Å². The van der Waals surface area contributed by atoms with Crippen LogP contribution in [0.5, 0.6) is 0 Å². The van der Waals surface area contributed by atoms with Gasteiger partial charge in [-0.25, -0.2) is 14.3 Å². The van der Waals surface area contributed by atoms with Crippen LogP contribution in [0.3, 0.4) is 0 Å². The monoisotopic (exact) mass is 339 g/mol. The summed E-state index contributed by atoms with van der Waals surface area (Å²) < 4.78 is 3.65. The van der Waals surface area contributed by atoms with Crippen LogP contribution in [-0.2, 0) is 6.54 Å². The first-order chi connectivity index (χ1) is 12.1. The predicted octanol–water partition coefficient (Wildman–Crippen LogP) is 1.91. The zero-order valence-corrected chi connectivity index (χ0v) is 14.3. The molecule has 0 amide bonds. The van der Waals surface area contributed by atoms with Crippen molar-refractivity contribution in [2.75, 3.05) is 11.1 Å². The molecule has 0 spiro atoms. The molecule has 0 radical (unpaired) electrons. The van der Waals surface area contributed by atoms with Gasteiger partial charge in [-0.15, -0.1) is 0 Å². The molecule has 1 atom stereocenters. The molecule has 1 aliphatic heterocycles. The number of hydrogen-bond acceptors (Lipinski definition) is 7. The fourth-order valence-electron chi connectivity index (χ4n) is 2.98. The van der Waals surface area contributed by atoms with Gasteiger partial charge >= 0.3 is 0 Å². The largest absolute Gasteiger partial charge is 0.368 e. The summed E-state index contributed by atoms with van der Waals surface area (Å²) in [5.41, 5.74) is 5.87. The van der Waals surface area contributed by atoms with Crippen LogP contribution in [0.4, 0.5) is 11.8 Å². The van der Waals surface area contributed by atoms with E-state index in [4.69, 9.17) is 10.7 Å². The molecule has 4 rings (SSSR count). The van der Waals surface area contributed by atoms with Gasteiger partial charge in [0.15, 0.2) is 11.6 Å². The number of nitrogens with two attached hydrogens (primary N) is 1. The Bertz CT molecular complexity index is 866. The Labute approximate surface area is 145 Å². The van der Waals surface area contributed by atoms with Gasteiger partial charge in [0.25, 0.3) is 0 Å². The molecule has 130 valence electrons. The molecule has 3 aromatic rings. The minimum absolute atomic E-state index is 0.0496. The Kier molecular flexibility index (Phi) is 3.83. The fraction of sp³-hybridized carbons (Fsp3) is 0.438. The van der Waals surface area contributed by atoms with Crippen LogP contribution < -0.4 is 11.1 Å². The van der Waals surface area contributed by atoms with Gasteiger partial charge in [0.2, 0.25) is 5.95 Å². The van der Waals surface area contributed by atoms with Gasteiger partial charge in [-0.2, -0.15) is 20.2 Å². The van der Waals surface area contributed by atoms with Crippen molar-refractivity contribution in [3.63, 3.8) is 0 Å². The zero-order valence-electron chi connectivity index (χ0n) is 14.3. The third-order valence-electron chi connectivity index (χ3n) is 4.20. The third-order valence-corrected chi connectivity index (χ3v) is 4.20. The smallest absolute Gasteiger partial charge is 0.224 e. The molecule has 0 saturated carbocycles. The molecule has 0 fully saturated rings. The SMILES string of the molecule is CC(C)c1nc2n(n1)CCC[C@H]2Nc1cc(-n2cccn2)nc(N)n1. The van der Waals surface area contributed by atoms with Crippen LogP contribution in [0.1, 0.15) is 50.3 Å². The van der Waals surface area contributed by atoms with Crippen molar-refractivity contribution >= 4 is 11.8 Å². The number of nitrogens with one attached hydrogen (secondary N) is 1. The minimum atomic E-state index is 0.0496. The van der Waals surface area contributed by atoms with E-state index in [1.807, 2.05) is 23.0 Å². The quantitative estimate of drug-likeness (QED) is 0.746. The second-order valence-electron chi connectivity index (χ2n) is 6.47. The Morgan fingerprint density at radius 2 is 2.16 bits per heavy atom. The van der Waals surface area contributed by atoms with Gasteiger partial charge in [-0.05, 0) is 18.9 Å². The molecule has 3 aromatic heterocycles. The Hall–Kier alpha value is -2.97. The van der Waals surface area contributed by atoms with Gasteiger partial charge in [0, 0.05) is 30.9 Å². The molecule has 0 unspecified atom stereocenters. The highest BCUT2D eigenvalue weighted by atomic mass is 15.4. The topological polar surface area (TPSA) is 112 Å². The van der Waals surface area contributed by atoms with Crippen molar-refractivity contribution < 1.29 is 0 Å². The van der Waals surface area contributed by atoms with Crippen molar-refractivity contribution in [1.82, 2.24) is 34.5 Å². The Morgan fingerprint density at radius 3 is 2.92 bits per heavy atom. The Morgan fingerprint density at radius 1 is 1.28 bits per heavy atom. The van der Waals surface area contributed by atoms with E-state index >= 15 is 0 Å². The zero-order chi connectivity index (χ0) is 17.4. The molecule has 9 heteroatoms. The lowest BCUT2D eigenvalue weighted by Crippen LogP contribution is -2.23. The lowest BCUT2D eigenvalue weighted by Gasteiger charge is -2.23. The average Bonchev–Trinajstić information content (AvgIpc) is 3.24. The van der Waals surface area contributed by atoms with Crippen molar-refractivity contribution in [2.24, 2.45) is 0 Å². The molecule has 25 heavy (non-hydrogen) atoms. The molecular weight excluding hydrogens is 318 g/mol. The average molecular weight is 339 g/mol. The van der Waals surface area contributed by atoms with Gasteiger partial charge in [-0.1, -0.05) is 13.8 Å². The van der Waals surface area contributed by atoms with Gasteiger partial charge < -0.3 is 11.1 Å². The molecule has 0 aliphatic carbocycles. The summed E-state index contributed by atoms with van der Waals surface area (Å²) in [7, 11) is 0. The number of rotatable bonds is 4. The normalized spacial score (nSPS) is 16.8. The van der Waals surface area contributed by atoms with Crippen LogP contribution in [0.25, 0.3) is 5.82 Å².